The van der Waals surface area contributed by atoms with Crippen molar-refractivity contribution < 1.29 is 19.8 Å². The first-order chi connectivity index (χ1) is 11.0. The van der Waals surface area contributed by atoms with E-state index in [0.717, 1.165) is 24.0 Å². The monoisotopic (exact) mass is 331 g/mol. The Bertz CT molecular complexity index is 814. The highest BCUT2D eigenvalue weighted by Crippen LogP contribution is 2.48. The highest BCUT2D eigenvalue weighted by Gasteiger charge is 2.51. The van der Waals surface area contributed by atoms with E-state index in [0.29, 0.717) is 23.4 Å². The molecule has 2 unspecified atom stereocenters. The summed E-state index contributed by atoms with van der Waals surface area (Å²) in [7, 11) is 0. The molecule has 2 aromatic rings. The fourth-order valence-electron chi connectivity index (χ4n) is 3.74. The van der Waals surface area contributed by atoms with E-state index in [9.17, 15) is 19.8 Å². The van der Waals surface area contributed by atoms with Crippen molar-refractivity contribution in [3.05, 3.63) is 34.7 Å². The van der Waals surface area contributed by atoms with Gasteiger partial charge in [0.05, 0.1) is 16.5 Å². The van der Waals surface area contributed by atoms with Crippen LogP contribution in [0.1, 0.15) is 39.3 Å². The van der Waals surface area contributed by atoms with E-state index in [1.165, 1.54) is 11.3 Å². The predicted octanol–water partition coefficient (Wildman–Crippen LogP) is 2.59. The maximum atomic E-state index is 12.7. The minimum Gasteiger partial charge on any atom is -0.478 e. The summed E-state index contributed by atoms with van der Waals surface area (Å²) in [6, 6.07) is 6.78. The maximum Gasteiger partial charge on any atom is 0.336 e. The number of carboxylic acids is 1. The van der Waals surface area contributed by atoms with Crippen molar-refractivity contribution in [2.24, 2.45) is 5.41 Å². The Morgan fingerprint density at radius 2 is 2.13 bits per heavy atom. The van der Waals surface area contributed by atoms with Crippen molar-refractivity contribution >= 4 is 33.3 Å². The molecule has 0 bridgehead atoms. The van der Waals surface area contributed by atoms with Crippen molar-refractivity contribution in [3.8, 4) is 0 Å². The number of carbonyl (C=O) groups excluding carboxylic acids is 1. The molecule has 1 aliphatic carbocycles. The number of carbonyl (C=O) groups is 2. The number of carboxylic acid groups (broad SMARTS) is 1. The molecule has 1 spiro atoms. The number of aliphatic hydroxyl groups excluding tert-OH is 1. The first-order valence-electron chi connectivity index (χ1n) is 7.73. The second kappa shape index (κ2) is 5.04. The van der Waals surface area contributed by atoms with Crippen LogP contribution in [0.2, 0.25) is 0 Å². The van der Waals surface area contributed by atoms with E-state index in [4.69, 9.17) is 0 Å². The average molecular weight is 331 g/mol. The maximum absolute atomic E-state index is 12.7. The van der Waals surface area contributed by atoms with Crippen molar-refractivity contribution in [2.75, 3.05) is 13.1 Å². The van der Waals surface area contributed by atoms with Crippen LogP contribution in [-0.4, -0.2) is 46.2 Å². The van der Waals surface area contributed by atoms with E-state index in [-0.39, 0.29) is 23.0 Å². The number of hydrogen-bond donors (Lipinski definition) is 2. The molecule has 1 aliphatic heterocycles. The van der Waals surface area contributed by atoms with Gasteiger partial charge in [0.15, 0.2) is 0 Å². The Balaban J connectivity index is 1.63. The zero-order chi connectivity index (χ0) is 16.2. The topological polar surface area (TPSA) is 77.8 Å². The number of nitrogens with zero attached hydrogens (tertiary/aromatic N) is 1. The van der Waals surface area contributed by atoms with Crippen LogP contribution in [0.4, 0.5) is 0 Å². The molecule has 0 radical (unpaired) electrons. The summed E-state index contributed by atoms with van der Waals surface area (Å²) in [6.45, 7) is 1.27. The normalized spacial score (nSPS) is 26.7. The van der Waals surface area contributed by atoms with Gasteiger partial charge in [-0.2, -0.15) is 0 Å². The lowest BCUT2D eigenvalue weighted by Gasteiger charge is -2.43. The number of aliphatic hydroxyl groups is 1. The van der Waals surface area contributed by atoms with Crippen LogP contribution < -0.4 is 0 Å². The van der Waals surface area contributed by atoms with Crippen LogP contribution in [0, 0.1) is 5.41 Å². The summed E-state index contributed by atoms with van der Waals surface area (Å²) in [5, 5.41) is 19.9. The summed E-state index contributed by atoms with van der Waals surface area (Å²) >= 11 is 1.33. The van der Waals surface area contributed by atoms with Gasteiger partial charge >= 0.3 is 5.97 Å². The smallest absolute Gasteiger partial charge is 0.336 e. The van der Waals surface area contributed by atoms with Crippen molar-refractivity contribution in [1.82, 2.24) is 4.90 Å². The second-order valence-corrected chi connectivity index (χ2v) is 7.61. The largest absolute Gasteiger partial charge is 0.478 e. The summed E-state index contributed by atoms with van der Waals surface area (Å²) in [5.74, 6) is -1.04. The highest BCUT2D eigenvalue weighted by atomic mass is 32.1. The number of thiophene rings is 1. The highest BCUT2D eigenvalue weighted by molar-refractivity contribution is 7.20. The summed E-state index contributed by atoms with van der Waals surface area (Å²) in [5.41, 5.74) is 0.128. The molecule has 1 aromatic carbocycles. The molecule has 120 valence electrons. The van der Waals surface area contributed by atoms with Crippen LogP contribution in [0.5, 0.6) is 0 Å². The quantitative estimate of drug-likeness (QED) is 0.887. The Kier molecular flexibility index (Phi) is 3.21. The van der Waals surface area contributed by atoms with Gasteiger partial charge in [-0.05, 0) is 37.5 Å². The third-order valence-corrected chi connectivity index (χ3v) is 6.39. The van der Waals surface area contributed by atoms with Crippen molar-refractivity contribution in [1.29, 1.82) is 0 Å². The van der Waals surface area contributed by atoms with E-state index >= 15 is 0 Å². The molecule has 1 saturated heterocycles. The van der Waals surface area contributed by atoms with Crippen LogP contribution in [0.3, 0.4) is 0 Å². The summed E-state index contributed by atoms with van der Waals surface area (Å²) in [4.78, 5) is 26.4. The fraction of sp³-hybridized carbons (Fsp3) is 0.412. The van der Waals surface area contributed by atoms with Gasteiger partial charge in [-0.15, -0.1) is 11.3 Å². The van der Waals surface area contributed by atoms with Gasteiger partial charge in [0.25, 0.3) is 5.91 Å². The molecule has 2 fully saturated rings. The Labute approximate surface area is 137 Å². The van der Waals surface area contributed by atoms with E-state index in [2.05, 4.69) is 0 Å². The van der Waals surface area contributed by atoms with Gasteiger partial charge in [-0.1, -0.05) is 6.07 Å². The predicted molar refractivity (Wildman–Crippen MR) is 87.0 cm³/mol. The standard InChI is InChI=1S/C17H17NO4S/c19-14-4-5-17(14)6-7-18(9-17)15(20)13-8-11-10(16(21)22)2-1-3-12(11)23-13/h1-3,8,14,19H,4-7,9H2,(H,21,22). The van der Waals surface area contributed by atoms with E-state index in [1.807, 2.05) is 6.07 Å². The third kappa shape index (κ3) is 2.16. The number of fused-ring (bicyclic) bond motifs is 1. The molecule has 2 heterocycles. The zero-order valence-corrected chi connectivity index (χ0v) is 13.3. The average Bonchev–Trinajstić information content (AvgIpc) is 3.17. The van der Waals surface area contributed by atoms with Crippen LogP contribution in [-0.2, 0) is 0 Å². The molecule has 2 N–H and O–H groups in total. The summed E-state index contributed by atoms with van der Waals surface area (Å²) in [6.07, 6.45) is 2.37. The lowest BCUT2D eigenvalue weighted by molar-refractivity contribution is -0.0551. The molecule has 2 aliphatic rings. The van der Waals surface area contributed by atoms with Gasteiger partial charge in [0.2, 0.25) is 0 Å². The third-order valence-electron chi connectivity index (χ3n) is 5.30. The molecule has 1 amide bonds. The van der Waals surface area contributed by atoms with E-state index < -0.39 is 5.97 Å². The lowest BCUT2D eigenvalue weighted by Crippen LogP contribution is -2.47. The first-order valence-corrected chi connectivity index (χ1v) is 8.55. The molecule has 1 saturated carbocycles. The van der Waals surface area contributed by atoms with Crippen molar-refractivity contribution in [2.45, 2.75) is 25.4 Å². The number of likely N-dealkylation sites (tertiary alicyclic amines) is 1. The Hall–Kier alpha value is -1.92. The SMILES string of the molecule is O=C(O)c1cccc2sc(C(=O)N3CCC4(CCC4O)C3)cc12. The van der Waals surface area contributed by atoms with Crippen molar-refractivity contribution in [3.63, 3.8) is 0 Å². The van der Waals surface area contributed by atoms with E-state index in [1.54, 1.807) is 23.1 Å². The number of amides is 1. The first kappa shape index (κ1) is 14.7. The molecule has 1 aromatic heterocycles. The molecule has 23 heavy (non-hydrogen) atoms. The Morgan fingerprint density at radius 1 is 1.30 bits per heavy atom. The molecule has 5 nitrogen and oxygen atoms in total. The zero-order valence-electron chi connectivity index (χ0n) is 12.5. The van der Waals surface area contributed by atoms with Gasteiger partial charge in [0.1, 0.15) is 0 Å². The molecule has 4 rings (SSSR count). The van der Waals surface area contributed by atoms with Gasteiger partial charge < -0.3 is 15.1 Å². The number of benzene rings is 1. The van der Waals surface area contributed by atoms with Crippen LogP contribution in [0.15, 0.2) is 24.3 Å². The minimum absolute atomic E-state index is 0.0569. The number of aromatic carboxylic acids is 1. The van der Waals surface area contributed by atoms with Gasteiger partial charge in [-0.25, -0.2) is 4.79 Å². The second-order valence-electron chi connectivity index (χ2n) is 6.53. The van der Waals surface area contributed by atoms with Gasteiger partial charge in [-0.3, -0.25) is 4.79 Å². The molecule has 6 heteroatoms. The minimum atomic E-state index is -0.981. The number of hydrogen-bond acceptors (Lipinski definition) is 4. The Morgan fingerprint density at radius 3 is 2.74 bits per heavy atom. The van der Waals surface area contributed by atoms with Gasteiger partial charge in [0, 0.05) is 28.6 Å². The molecular formula is C17H17NO4S. The van der Waals surface area contributed by atoms with Crippen LogP contribution in [0.25, 0.3) is 10.1 Å². The van der Waals surface area contributed by atoms with Crippen LogP contribution >= 0.6 is 11.3 Å². The number of rotatable bonds is 2. The fourth-order valence-corrected chi connectivity index (χ4v) is 4.79. The molecule has 2 atom stereocenters. The lowest BCUT2D eigenvalue weighted by atomic mass is 9.66. The summed E-state index contributed by atoms with van der Waals surface area (Å²) < 4.78 is 0.811. The molecular weight excluding hydrogens is 314 g/mol.